The highest BCUT2D eigenvalue weighted by Crippen LogP contribution is 2.65. The molecular formula is C22H19NO2. The highest BCUT2D eigenvalue weighted by Gasteiger charge is 2.66. The number of hydrogen-bond donors (Lipinski definition) is 0. The molecule has 0 aromatic heterocycles. The lowest BCUT2D eigenvalue weighted by atomic mass is 9.63. The minimum Gasteiger partial charge on any atom is -0.278 e. The zero-order valence-corrected chi connectivity index (χ0v) is 13.8. The number of fused-ring (bicyclic) bond motifs is 1. The minimum absolute atomic E-state index is 0.0626. The second-order valence-corrected chi connectivity index (χ2v) is 8.06. The fraction of sp³-hybridized carbons (Fsp3) is 0.364. The molecule has 4 aliphatic carbocycles. The molecular weight excluding hydrogens is 310 g/mol. The minimum atomic E-state index is -0.0961. The number of likely N-dealkylation sites (tertiary alicyclic amines) is 1. The first-order valence-corrected chi connectivity index (χ1v) is 9.24. The summed E-state index contributed by atoms with van der Waals surface area (Å²) >= 11 is 0. The summed E-state index contributed by atoms with van der Waals surface area (Å²) in [5.74, 6) is 1.85. The van der Waals surface area contributed by atoms with Gasteiger partial charge >= 0.3 is 0 Å². The van der Waals surface area contributed by atoms with Crippen LogP contribution in [-0.4, -0.2) is 16.7 Å². The topological polar surface area (TPSA) is 37.4 Å². The van der Waals surface area contributed by atoms with Crippen molar-refractivity contribution >= 4 is 22.6 Å². The Morgan fingerprint density at radius 1 is 0.840 bits per heavy atom. The van der Waals surface area contributed by atoms with Gasteiger partial charge < -0.3 is 0 Å². The molecule has 124 valence electrons. The molecule has 3 fully saturated rings. The van der Waals surface area contributed by atoms with Crippen molar-refractivity contribution in [2.24, 2.45) is 35.5 Å². The molecule has 1 aliphatic heterocycles. The average molecular weight is 329 g/mol. The molecule has 0 unspecified atom stereocenters. The van der Waals surface area contributed by atoms with Crippen LogP contribution in [0.2, 0.25) is 0 Å². The van der Waals surface area contributed by atoms with E-state index < -0.39 is 0 Å². The van der Waals surface area contributed by atoms with Crippen molar-refractivity contribution < 1.29 is 9.59 Å². The van der Waals surface area contributed by atoms with E-state index in [0.29, 0.717) is 30.2 Å². The zero-order chi connectivity index (χ0) is 16.7. The third-order valence-corrected chi connectivity index (χ3v) is 6.96. The normalized spacial score (nSPS) is 37.5. The van der Waals surface area contributed by atoms with Crippen LogP contribution in [-0.2, 0) is 16.1 Å². The molecule has 2 aromatic carbocycles. The molecule has 2 saturated carbocycles. The number of carbonyl (C=O) groups excluding carboxylic acids is 2. The molecule has 1 saturated heterocycles. The molecule has 3 heteroatoms. The highest BCUT2D eigenvalue weighted by molar-refractivity contribution is 6.06. The van der Waals surface area contributed by atoms with E-state index in [1.54, 1.807) is 4.90 Å². The number of nitrogens with zero attached hydrogens (tertiary/aromatic N) is 1. The summed E-state index contributed by atoms with van der Waals surface area (Å²) in [6, 6.07) is 14.3. The van der Waals surface area contributed by atoms with Crippen LogP contribution in [0.1, 0.15) is 12.0 Å². The van der Waals surface area contributed by atoms with Crippen molar-refractivity contribution in [2.45, 2.75) is 13.0 Å². The van der Waals surface area contributed by atoms with Gasteiger partial charge in [-0.1, -0.05) is 54.6 Å². The first kappa shape index (κ1) is 13.8. The summed E-state index contributed by atoms with van der Waals surface area (Å²) in [5.41, 5.74) is 1.06. The van der Waals surface area contributed by atoms with Gasteiger partial charge in [-0.15, -0.1) is 0 Å². The summed E-state index contributed by atoms with van der Waals surface area (Å²) in [7, 11) is 0. The Labute approximate surface area is 146 Å². The zero-order valence-electron chi connectivity index (χ0n) is 13.8. The molecule has 2 aromatic rings. The number of carbonyl (C=O) groups is 2. The van der Waals surface area contributed by atoms with Crippen LogP contribution < -0.4 is 0 Å². The Kier molecular flexibility index (Phi) is 2.54. The van der Waals surface area contributed by atoms with Crippen LogP contribution in [0.4, 0.5) is 0 Å². The second-order valence-electron chi connectivity index (χ2n) is 8.06. The Hall–Kier alpha value is -2.42. The van der Waals surface area contributed by atoms with Gasteiger partial charge in [-0.3, -0.25) is 14.5 Å². The first-order valence-electron chi connectivity index (χ1n) is 9.24. The van der Waals surface area contributed by atoms with Crippen molar-refractivity contribution in [1.82, 2.24) is 4.90 Å². The Balaban J connectivity index is 1.38. The Morgan fingerprint density at radius 2 is 1.48 bits per heavy atom. The largest absolute Gasteiger partial charge is 0.278 e. The van der Waals surface area contributed by atoms with Gasteiger partial charge in [0, 0.05) is 0 Å². The third kappa shape index (κ3) is 1.71. The quantitative estimate of drug-likeness (QED) is 0.625. The van der Waals surface area contributed by atoms with Gasteiger partial charge in [0.05, 0.1) is 18.4 Å². The lowest BCUT2D eigenvalue weighted by Crippen LogP contribution is -2.40. The van der Waals surface area contributed by atoms with E-state index in [1.807, 2.05) is 24.3 Å². The molecule has 0 radical (unpaired) electrons. The summed E-state index contributed by atoms with van der Waals surface area (Å²) in [6.45, 7) is 0.404. The summed E-state index contributed by atoms with van der Waals surface area (Å²) in [6.07, 6.45) is 5.67. The smallest absolute Gasteiger partial charge is 0.234 e. The van der Waals surface area contributed by atoms with Crippen molar-refractivity contribution in [2.75, 3.05) is 0 Å². The van der Waals surface area contributed by atoms with E-state index in [1.165, 1.54) is 6.42 Å². The van der Waals surface area contributed by atoms with E-state index in [4.69, 9.17) is 0 Å². The van der Waals surface area contributed by atoms with E-state index in [2.05, 4.69) is 30.4 Å². The maximum Gasteiger partial charge on any atom is 0.234 e. The van der Waals surface area contributed by atoms with E-state index in [9.17, 15) is 9.59 Å². The molecule has 3 nitrogen and oxygen atoms in total. The summed E-state index contributed by atoms with van der Waals surface area (Å²) < 4.78 is 0. The van der Waals surface area contributed by atoms with Gasteiger partial charge in [-0.2, -0.15) is 0 Å². The first-order chi connectivity index (χ1) is 12.2. The Morgan fingerprint density at radius 3 is 2.20 bits per heavy atom. The van der Waals surface area contributed by atoms with Gasteiger partial charge in [-0.05, 0) is 46.4 Å². The van der Waals surface area contributed by atoms with Crippen molar-refractivity contribution in [3.8, 4) is 0 Å². The van der Waals surface area contributed by atoms with Gasteiger partial charge in [0.2, 0.25) is 11.8 Å². The average Bonchev–Trinajstić information content (AvgIpc) is 3.43. The number of benzene rings is 2. The van der Waals surface area contributed by atoms with E-state index in [-0.39, 0.29) is 23.7 Å². The molecule has 1 heterocycles. The summed E-state index contributed by atoms with van der Waals surface area (Å²) in [5, 5.41) is 2.28. The predicted molar refractivity (Wildman–Crippen MR) is 94.2 cm³/mol. The van der Waals surface area contributed by atoms with Gasteiger partial charge in [0.25, 0.3) is 0 Å². The molecule has 25 heavy (non-hydrogen) atoms. The fourth-order valence-electron chi connectivity index (χ4n) is 5.78. The standard InChI is InChI=1S/C22H19NO2/c24-21-19-15-8-9-16(18-10-17(15)18)20(19)22(25)23(21)11-13-6-3-5-12-4-1-2-7-14(12)13/h1-9,15-20H,10-11H2/t15-,16-,17-,18-,19-,20+/m0/s1. The molecule has 0 spiro atoms. The fourth-order valence-corrected chi connectivity index (χ4v) is 5.78. The third-order valence-electron chi connectivity index (χ3n) is 6.96. The molecule has 2 amide bonds. The number of hydrogen-bond acceptors (Lipinski definition) is 2. The lowest BCUT2D eigenvalue weighted by molar-refractivity contribution is -0.140. The maximum atomic E-state index is 13.1. The van der Waals surface area contributed by atoms with Gasteiger partial charge in [0.15, 0.2) is 0 Å². The molecule has 0 N–H and O–H groups in total. The van der Waals surface area contributed by atoms with Gasteiger partial charge in [0.1, 0.15) is 0 Å². The SMILES string of the molecule is O=C1[C@@H]2[C@H]3C=C[C@@H]([C@@H]4C[C@@H]34)[C@@H]2C(=O)N1Cc1cccc2ccccc12. The Bertz CT molecular complexity index is 920. The van der Waals surface area contributed by atoms with Crippen molar-refractivity contribution in [3.05, 3.63) is 60.2 Å². The van der Waals surface area contributed by atoms with E-state index in [0.717, 1.165) is 16.3 Å². The molecule has 7 rings (SSSR count). The number of amides is 2. The van der Waals surface area contributed by atoms with E-state index >= 15 is 0 Å². The van der Waals surface area contributed by atoms with Crippen LogP contribution in [0, 0.1) is 35.5 Å². The number of allylic oxidation sites excluding steroid dienone is 2. The maximum absolute atomic E-state index is 13.1. The monoisotopic (exact) mass is 329 g/mol. The molecule has 2 bridgehead atoms. The second kappa shape index (κ2) is 4.60. The van der Waals surface area contributed by atoms with Crippen LogP contribution in [0.5, 0.6) is 0 Å². The van der Waals surface area contributed by atoms with Crippen molar-refractivity contribution in [3.63, 3.8) is 0 Å². The highest BCUT2D eigenvalue weighted by atomic mass is 16.2. The molecule has 6 atom stereocenters. The predicted octanol–water partition coefficient (Wildman–Crippen LogP) is 3.39. The van der Waals surface area contributed by atoms with Crippen LogP contribution in [0.15, 0.2) is 54.6 Å². The van der Waals surface area contributed by atoms with Crippen LogP contribution in [0.3, 0.4) is 0 Å². The van der Waals surface area contributed by atoms with Gasteiger partial charge in [-0.25, -0.2) is 0 Å². The van der Waals surface area contributed by atoms with Crippen LogP contribution >= 0.6 is 0 Å². The lowest BCUT2D eigenvalue weighted by Gasteiger charge is -2.37. The number of imide groups is 1. The van der Waals surface area contributed by atoms with Crippen LogP contribution in [0.25, 0.3) is 10.8 Å². The number of rotatable bonds is 2. The molecule has 5 aliphatic rings. The van der Waals surface area contributed by atoms with Crippen molar-refractivity contribution in [1.29, 1.82) is 0 Å². The summed E-state index contributed by atoms with van der Waals surface area (Å²) in [4.78, 5) is 27.8.